The largest absolute Gasteiger partial charge is 0.384 e. The molecule has 7 nitrogen and oxygen atoms in total. The summed E-state index contributed by atoms with van der Waals surface area (Å²) in [4.78, 5) is 14.9. The Bertz CT molecular complexity index is 767. The molecule has 0 heterocycles. The van der Waals surface area contributed by atoms with Gasteiger partial charge >= 0.3 is 0 Å². The molecular weight excluding hydrogens is 459 g/mol. The first-order valence-electron chi connectivity index (χ1n) is 8.46. The monoisotopic (exact) mass is 484 g/mol. The Morgan fingerprint density at radius 2 is 1.89 bits per heavy atom. The van der Waals surface area contributed by atoms with Crippen molar-refractivity contribution in [1.29, 1.82) is 0 Å². The fourth-order valence-electron chi connectivity index (χ4n) is 2.44. The van der Waals surface area contributed by atoms with E-state index in [4.69, 9.17) is 0 Å². The van der Waals surface area contributed by atoms with E-state index in [0.29, 0.717) is 19.0 Å². The second-order valence-electron chi connectivity index (χ2n) is 6.12. The van der Waals surface area contributed by atoms with E-state index in [1.54, 1.807) is 19.1 Å². The lowest BCUT2D eigenvalue weighted by Crippen LogP contribution is -2.44. The molecule has 0 saturated heterocycles. The molecule has 2 rings (SSSR count). The van der Waals surface area contributed by atoms with Crippen LogP contribution in [-0.4, -0.2) is 29.1 Å². The molecule has 0 saturated carbocycles. The number of aliphatic hydroxyl groups is 1. The van der Waals surface area contributed by atoms with Crippen LogP contribution in [0.1, 0.15) is 25.0 Å². The summed E-state index contributed by atoms with van der Waals surface area (Å²) in [6.45, 7) is 4.91. The average molecular weight is 484 g/mol. The summed E-state index contributed by atoms with van der Waals surface area (Å²) in [5.74, 6) is 0.537. The number of non-ortho nitro benzene ring substituents is 1. The minimum absolute atomic E-state index is 0. The van der Waals surface area contributed by atoms with Gasteiger partial charge in [0.15, 0.2) is 5.96 Å². The number of hydrogen-bond acceptors (Lipinski definition) is 4. The van der Waals surface area contributed by atoms with Crippen molar-refractivity contribution in [2.45, 2.75) is 26.0 Å². The molecule has 0 aliphatic heterocycles. The smallest absolute Gasteiger partial charge is 0.269 e. The summed E-state index contributed by atoms with van der Waals surface area (Å²) in [6, 6.07) is 15.8. The van der Waals surface area contributed by atoms with Crippen molar-refractivity contribution >= 4 is 35.6 Å². The quantitative estimate of drug-likeness (QED) is 0.184. The predicted octanol–water partition coefficient (Wildman–Crippen LogP) is 3.18. The third-order valence-electron chi connectivity index (χ3n) is 3.88. The van der Waals surface area contributed by atoms with Gasteiger partial charge in [0.1, 0.15) is 5.60 Å². The molecule has 3 N–H and O–H groups in total. The molecule has 1 atom stereocenters. The van der Waals surface area contributed by atoms with Crippen LogP contribution in [0.25, 0.3) is 0 Å². The highest BCUT2D eigenvalue weighted by Gasteiger charge is 2.22. The van der Waals surface area contributed by atoms with Gasteiger partial charge in [0.05, 0.1) is 18.0 Å². The highest BCUT2D eigenvalue weighted by atomic mass is 127. The molecule has 0 bridgehead atoms. The van der Waals surface area contributed by atoms with Crippen LogP contribution in [0.4, 0.5) is 5.69 Å². The average Bonchev–Trinajstić information content (AvgIpc) is 2.65. The normalized spacial score (nSPS) is 13.2. The Hall–Kier alpha value is -2.20. The van der Waals surface area contributed by atoms with Gasteiger partial charge in [0.25, 0.3) is 5.69 Å². The first-order chi connectivity index (χ1) is 12.4. The lowest BCUT2D eigenvalue weighted by molar-refractivity contribution is -0.384. The number of hydrogen-bond donors (Lipinski definition) is 3. The fraction of sp³-hybridized carbons (Fsp3) is 0.316. The Morgan fingerprint density at radius 3 is 2.52 bits per heavy atom. The SMILES string of the molecule is CCNC(=NCc1cccc([N+](=O)[O-])c1)NCC(C)(O)c1ccccc1.I. The van der Waals surface area contributed by atoms with Crippen LogP contribution in [0.15, 0.2) is 59.6 Å². The van der Waals surface area contributed by atoms with Crippen molar-refractivity contribution in [1.82, 2.24) is 10.6 Å². The number of aliphatic imine (C=N–C) groups is 1. The van der Waals surface area contributed by atoms with Crippen molar-refractivity contribution in [3.05, 3.63) is 75.8 Å². The number of benzene rings is 2. The maximum absolute atomic E-state index is 10.9. The van der Waals surface area contributed by atoms with Crippen LogP contribution in [0.3, 0.4) is 0 Å². The fourth-order valence-corrected chi connectivity index (χ4v) is 2.44. The Morgan fingerprint density at radius 1 is 1.19 bits per heavy atom. The summed E-state index contributed by atoms with van der Waals surface area (Å²) in [7, 11) is 0. The molecule has 8 heteroatoms. The van der Waals surface area contributed by atoms with Gasteiger partial charge < -0.3 is 15.7 Å². The van der Waals surface area contributed by atoms with Gasteiger partial charge in [-0.05, 0) is 25.0 Å². The van der Waals surface area contributed by atoms with Gasteiger partial charge in [-0.2, -0.15) is 0 Å². The van der Waals surface area contributed by atoms with Crippen LogP contribution < -0.4 is 10.6 Å². The lowest BCUT2D eigenvalue weighted by atomic mass is 9.96. The molecule has 0 aromatic heterocycles. The topological polar surface area (TPSA) is 99.8 Å². The van der Waals surface area contributed by atoms with Gasteiger partial charge in [0.2, 0.25) is 0 Å². The zero-order valence-corrected chi connectivity index (χ0v) is 17.7. The van der Waals surface area contributed by atoms with Crippen molar-refractivity contribution in [2.24, 2.45) is 4.99 Å². The first-order valence-corrected chi connectivity index (χ1v) is 8.46. The second kappa shape index (κ2) is 10.8. The van der Waals surface area contributed by atoms with Crippen LogP contribution in [0.2, 0.25) is 0 Å². The van der Waals surface area contributed by atoms with Gasteiger partial charge in [-0.25, -0.2) is 4.99 Å². The molecule has 0 spiro atoms. The first kappa shape index (κ1) is 22.8. The maximum Gasteiger partial charge on any atom is 0.269 e. The van der Waals surface area contributed by atoms with E-state index in [9.17, 15) is 15.2 Å². The zero-order valence-electron chi connectivity index (χ0n) is 15.4. The van der Waals surface area contributed by atoms with E-state index >= 15 is 0 Å². The molecule has 27 heavy (non-hydrogen) atoms. The molecule has 0 aliphatic rings. The van der Waals surface area contributed by atoms with Crippen LogP contribution in [0.5, 0.6) is 0 Å². The summed E-state index contributed by atoms with van der Waals surface area (Å²) < 4.78 is 0. The highest BCUT2D eigenvalue weighted by Crippen LogP contribution is 2.19. The summed E-state index contributed by atoms with van der Waals surface area (Å²) in [5, 5.41) is 27.8. The van der Waals surface area contributed by atoms with E-state index in [1.165, 1.54) is 12.1 Å². The third-order valence-corrected chi connectivity index (χ3v) is 3.88. The predicted molar refractivity (Wildman–Crippen MR) is 117 cm³/mol. The van der Waals surface area contributed by atoms with E-state index in [2.05, 4.69) is 15.6 Å². The Balaban J connectivity index is 0.00000364. The Labute approximate surface area is 176 Å². The number of halogens is 1. The minimum atomic E-state index is -1.05. The van der Waals surface area contributed by atoms with Crippen LogP contribution in [0, 0.1) is 10.1 Å². The van der Waals surface area contributed by atoms with E-state index in [0.717, 1.165) is 11.1 Å². The maximum atomic E-state index is 10.9. The third kappa shape index (κ3) is 7.14. The molecule has 0 amide bonds. The Kier molecular flexibility index (Phi) is 9.16. The molecule has 0 aliphatic carbocycles. The number of nitrogens with zero attached hydrogens (tertiary/aromatic N) is 2. The van der Waals surface area contributed by atoms with Gasteiger partial charge in [-0.3, -0.25) is 10.1 Å². The molecular formula is C19H25IN4O3. The van der Waals surface area contributed by atoms with Crippen molar-refractivity contribution < 1.29 is 10.0 Å². The van der Waals surface area contributed by atoms with Crippen LogP contribution in [-0.2, 0) is 12.1 Å². The zero-order chi connectivity index (χ0) is 19.0. The second-order valence-corrected chi connectivity index (χ2v) is 6.12. The number of guanidine groups is 1. The van der Waals surface area contributed by atoms with Crippen molar-refractivity contribution in [3.8, 4) is 0 Å². The molecule has 2 aromatic carbocycles. The van der Waals surface area contributed by atoms with E-state index < -0.39 is 10.5 Å². The van der Waals surface area contributed by atoms with E-state index in [-0.39, 0.29) is 36.2 Å². The molecule has 1 unspecified atom stereocenters. The number of nitro groups is 1. The van der Waals surface area contributed by atoms with Crippen molar-refractivity contribution in [3.63, 3.8) is 0 Å². The van der Waals surface area contributed by atoms with Gasteiger partial charge in [0, 0.05) is 18.7 Å². The summed E-state index contributed by atoms with van der Waals surface area (Å²) >= 11 is 0. The molecule has 0 fully saturated rings. The molecule has 146 valence electrons. The standard InChI is InChI=1S/C19H24N4O3.HI/c1-3-20-18(21-13-15-8-7-11-17(12-15)23(25)26)22-14-19(2,24)16-9-5-4-6-10-16;/h4-12,24H,3,13-14H2,1-2H3,(H2,20,21,22);1H. The molecule has 2 aromatic rings. The van der Waals surface area contributed by atoms with Crippen molar-refractivity contribution in [2.75, 3.05) is 13.1 Å². The minimum Gasteiger partial charge on any atom is -0.384 e. The summed E-state index contributed by atoms with van der Waals surface area (Å²) in [5.41, 5.74) is 0.541. The van der Waals surface area contributed by atoms with Gasteiger partial charge in [-0.15, -0.1) is 24.0 Å². The highest BCUT2D eigenvalue weighted by molar-refractivity contribution is 14.0. The molecule has 0 radical (unpaired) electrons. The van der Waals surface area contributed by atoms with Gasteiger partial charge in [-0.1, -0.05) is 42.5 Å². The summed E-state index contributed by atoms with van der Waals surface area (Å²) in [6.07, 6.45) is 0. The number of nitrogens with one attached hydrogen (secondary N) is 2. The lowest BCUT2D eigenvalue weighted by Gasteiger charge is -2.25. The van der Waals surface area contributed by atoms with E-state index in [1.807, 2.05) is 37.3 Å². The number of nitro benzene ring substituents is 1. The van der Waals surface area contributed by atoms with Crippen LogP contribution >= 0.6 is 24.0 Å². The number of rotatable bonds is 7.